The first-order valence-electron chi connectivity index (χ1n) is 7.17. The zero-order valence-corrected chi connectivity index (χ0v) is 14.7. The molecule has 0 radical (unpaired) electrons. The largest absolute Gasteiger partial charge is 0.309 e. The Labute approximate surface area is 134 Å². The molecule has 0 fully saturated rings. The van der Waals surface area contributed by atoms with Crippen LogP contribution in [0.4, 0.5) is 0 Å². The molecule has 108 valence electrons. The van der Waals surface area contributed by atoms with Gasteiger partial charge >= 0.3 is 0 Å². The molecule has 1 unspecified atom stereocenters. The summed E-state index contributed by atoms with van der Waals surface area (Å²) in [5.74, 6) is 0.599. The summed E-state index contributed by atoms with van der Waals surface area (Å²) < 4.78 is 1.20. The summed E-state index contributed by atoms with van der Waals surface area (Å²) in [4.78, 5) is 1.40. The Morgan fingerprint density at radius 1 is 1.10 bits per heavy atom. The minimum absolute atomic E-state index is 0.404. The molecule has 0 spiro atoms. The fraction of sp³-hybridized carbons (Fsp3) is 0.412. The third-order valence-corrected chi connectivity index (χ3v) is 5.21. The van der Waals surface area contributed by atoms with Crippen molar-refractivity contribution in [2.75, 3.05) is 6.54 Å². The van der Waals surface area contributed by atoms with Crippen LogP contribution >= 0.6 is 27.3 Å². The van der Waals surface area contributed by atoms with Crippen LogP contribution in [0.2, 0.25) is 0 Å². The van der Waals surface area contributed by atoms with Gasteiger partial charge in [-0.1, -0.05) is 45.0 Å². The Hall–Kier alpha value is -0.640. The number of rotatable bonds is 6. The first-order chi connectivity index (χ1) is 9.60. The number of likely N-dealkylation sites (N-methyl/N-ethyl adjacent to an activating group) is 1. The summed E-state index contributed by atoms with van der Waals surface area (Å²) in [6.07, 6.45) is 1.04. The zero-order chi connectivity index (χ0) is 14.5. The molecule has 0 amide bonds. The number of hydrogen-bond donors (Lipinski definition) is 1. The van der Waals surface area contributed by atoms with E-state index < -0.39 is 0 Å². The Morgan fingerprint density at radius 3 is 2.30 bits per heavy atom. The molecule has 0 bridgehead atoms. The van der Waals surface area contributed by atoms with Gasteiger partial charge in [0.05, 0.1) is 3.79 Å². The van der Waals surface area contributed by atoms with Gasteiger partial charge < -0.3 is 5.32 Å². The SMILES string of the molecule is CCNC(Cc1ccc(C(C)C)cc1)c1ccc(Br)s1. The lowest BCUT2D eigenvalue weighted by Gasteiger charge is -2.17. The average Bonchev–Trinajstić information content (AvgIpc) is 2.85. The van der Waals surface area contributed by atoms with Crippen LogP contribution in [0.5, 0.6) is 0 Å². The predicted octanol–water partition coefficient (Wildman–Crippen LogP) is 5.53. The van der Waals surface area contributed by atoms with E-state index in [1.54, 1.807) is 0 Å². The normalized spacial score (nSPS) is 12.8. The van der Waals surface area contributed by atoms with Crippen molar-refractivity contribution in [3.8, 4) is 0 Å². The molecule has 0 aliphatic heterocycles. The molecule has 1 N–H and O–H groups in total. The van der Waals surface area contributed by atoms with Gasteiger partial charge in [0, 0.05) is 10.9 Å². The Balaban J connectivity index is 2.11. The number of nitrogens with one attached hydrogen (secondary N) is 1. The highest BCUT2D eigenvalue weighted by molar-refractivity contribution is 9.11. The lowest BCUT2D eigenvalue weighted by molar-refractivity contribution is 0.558. The molecule has 1 aromatic carbocycles. The van der Waals surface area contributed by atoms with Gasteiger partial charge in [-0.3, -0.25) is 0 Å². The van der Waals surface area contributed by atoms with Gasteiger partial charge in [-0.2, -0.15) is 0 Å². The van der Waals surface area contributed by atoms with Gasteiger partial charge in [-0.15, -0.1) is 11.3 Å². The molecule has 2 aromatic rings. The minimum Gasteiger partial charge on any atom is -0.309 e. The van der Waals surface area contributed by atoms with Crippen LogP contribution in [0.3, 0.4) is 0 Å². The van der Waals surface area contributed by atoms with Crippen LogP contribution in [0.15, 0.2) is 40.2 Å². The van der Waals surface area contributed by atoms with Crippen molar-refractivity contribution in [1.82, 2.24) is 5.32 Å². The van der Waals surface area contributed by atoms with Gasteiger partial charge in [0.1, 0.15) is 0 Å². The number of thiophene rings is 1. The minimum atomic E-state index is 0.404. The highest BCUT2D eigenvalue weighted by Crippen LogP contribution is 2.29. The number of benzene rings is 1. The van der Waals surface area contributed by atoms with E-state index in [0.29, 0.717) is 12.0 Å². The van der Waals surface area contributed by atoms with E-state index >= 15 is 0 Å². The summed E-state index contributed by atoms with van der Waals surface area (Å²) in [7, 11) is 0. The lowest BCUT2D eigenvalue weighted by atomic mass is 9.98. The summed E-state index contributed by atoms with van der Waals surface area (Å²) in [6.45, 7) is 7.63. The second-order valence-corrected chi connectivity index (χ2v) is 7.85. The maximum atomic E-state index is 3.59. The fourth-order valence-electron chi connectivity index (χ4n) is 2.31. The quantitative estimate of drug-likeness (QED) is 0.721. The van der Waals surface area contributed by atoms with Crippen LogP contribution in [-0.2, 0) is 6.42 Å². The Morgan fingerprint density at radius 2 is 1.80 bits per heavy atom. The van der Waals surface area contributed by atoms with Gasteiger partial charge in [0.15, 0.2) is 0 Å². The van der Waals surface area contributed by atoms with Crippen molar-refractivity contribution in [1.29, 1.82) is 0 Å². The highest BCUT2D eigenvalue weighted by Gasteiger charge is 2.13. The Bertz CT molecular complexity index is 530. The van der Waals surface area contributed by atoms with E-state index in [4.69, 9.17) is 0 Å². The first kappa shape index (κ1) is 15.7. The number of hydrogen-bond acceptors (Lipinski definition) is 2. The summed E-state index contributed by atoms with van der Waals surface area (Å²) in [5.41, 5.74) is 2.80. The summed E-state index contributed by atoms with van der Waals surface area (Å²) in [5, 5.41) is 3.59. The highest BCUT2D eigenvalue weighted by atomic mass is 79.9. The van der Waals surface area contributed by atoms with E-state index in [1.165, 1.54) is 19.8 Å². The van der Waals surface area contributed by atoms with Crippen molar-refractivity contribution in [2.24, 2.45) is 0 Å². The molecule has 3 heteroatoms. The molecule has 0 saturated carbocycles. The zero-order valence-electron chi connectivity index (χ0n) is 12.3. The number of halogens is 1. The Kier molecular flexibility index (Phi) is 5.82. The van der Waals surface area contributed by atoms with Crippen LogP contribution < -0.4 is 5.32 Å². The predicted molar refractivity (Wildman–Crippen MR) is 92.7 cm³/mol. The average molecular weight is 352 g/mol. The van der Waals surface area contributed by atoms with E-state index in [1.807, 2.05) is 11.3 Å². The summed E-state index contributed by atoms with van der Waals surface area (Å²) in [6, 6.07) is 13.8. The van der Waals surface area contributed by atoms with Crippen molar-refractivity contribution in [3.05, 3.63) is 56.2 Å². The van der Waals surface area contributed by atoms with E-state index in [0.717, 1.165) is 13.0 Å². The van der Waals surface area contributed by atoms with Gasteiger partial charge in [0.25, 0.3) is 0 Å². The van der Waals surface area contributed by atoms with Crippen molar-refractivity contribution in [3.63, 3.8) is 0 Å². The van der Waals surface area contributed by atoms with Crippen LogP contribution in [0, 0.1) is 0 Å². The molecule has 1 nitrogen and oxygen atoms in total. The summed E-state index contributed by atoms with van der Waals surface area (Å²) >= 11 is 5.37. The molecular weight excluding hydrogens is 330 g/mol. The van der Waals surface area contributed by atoms with Gasteiger partial charge in [0.2, 0.25) is 0 Å². The van der Waals surface area contributed by atoms with E-state index in [9.17, 15) is 0 Å². The van der Waals surface area contributed by atoms with Gasteiger partial charge in [-0.05, 0) is 58.1 Å². The third-order valence-electron chi connectivity index (χ3n) is 3.47. The first-order valence-corrected chi connectivity index (χ1v) is 8.78. The van der Waals surface area contributed by atoms with Crippen LogP contribution in [0.1, 0.15) is 48.7 Å². The van der Waals surface area contributed by atoms with Crippen molar-refractivity contribution >= 4 is 27.3 Å². The van der Waals surface area contributed by atoms with Crippen LogP contribution in [-0.4, -0.2) is 6.54 Å². The topological polar surface area (TPSA) is 12.0 Å². The standard InChI is InChI=1S/C17H22BrNS/c1-4-19-15(16-9-10-17(18)20-16)11-13-5-7-14(8-6-13)12(2)3/h5-10,12,15,19H,4,11H2,1-3H3. The molecule has 1 heterocycles. The van der Waals surface area contributed by atoms with E-state index in [-0.39, 0.29) is 0 Å². The maximum Gasteiger partial charge on any atom is 0.0701 e. The third kappa shape index (κ3) is 4.18. The lowest BCUT2D eigenvalue weighted by Crippen LogP contribution is -2.22. The molecule has 0 saturated heterocycles. The fourth-order valence-corrected chi connectivity index (χ4v) is 3.81. The molecule has 1 atom stereocenters. The second-order valence-electron chi connectivity index (χ2n) is 5.35. The second kappa shape index (κ2) is 7.39. The molecular formula is C17H22BrNS. The molecule has 0 aliphatic carbocycles. The molecule has 20 heavy (non-hydrogen) atoms. The maximum absolute atomic E-state index is 3.59. The smallest absolute Gasteiger partial charge is 0.0701 e. The van der Waals surface area contributed by atoms with Crippen molar-refractivity contribution in [2.45, 2.75) is 39.2 Å². The van der Waals surface area contributed by atoms with Gasteiger partial charge in [-0.25, -0.2) is 0 Å². The molecule has 0 aliphatic rings. The van der Waals surface area contributed by atoms with E-state index in [2.05, 4.69) is 78.4 Å². The van der Waals surface area contributed by atoms with Crippen LogP contribution in [0.25, 0.3) is 0 Å². The monoisotopic (exact) mass is 351 g/mol. The molecule has 1 aromatic heterocycles. The molecule has 2 rings (SSSR count). The van der Waals surface area contributed by atoms with Crippen molar-refractivity contribution < 1.29 is 0 Å².